The molecule has 1 aromatic heterocycles. The van der Waals surface area contributed by atoms with E-state index in [1.54, 1.807) is 32.0 Å². The van der Waals surface area contributed by atoms with Gasteiger partial charge in [-0.15, -0.1) is 0 Å². The minimum absolute atomic E-state index is 0.0570. The summed E-state index contributed by atoms with van der Waals surface area (Å²) in [4.78, 5) is 16.2. The number of benzene rings is 2. The highest BCUT2D eigenvalue weighted by atomic mass is 35.5. The molecule has 3 heterocycles. The number of ether oxygens (including phenoxy) is 1. The molecule has 1 N–H and O–H groups in total. The van der Waals surface area contributed by atoms with Gasteiger partial charge in [0.2, 0.25) is 5.91 Å². The summed E-state index contributed by atoms with van der Waals surface area (Å²) in [5, 5.41) is 8.74. The molecule has 0 radical (unpaired) electrons. The van der Waals surface area contributed by atoms with E-state index in [2.05, 4.69) is 15.3 Å². The summed E-state index contributed by atoms with van der Waals surface area (Å²) in [6, 6.07) is 10.7. The number of carbonyl (C=O) groups is 1. The first-order valence-corrected chi connectivity index (χ1v) is 12.9. The molecule has 2 aliphatic heterocycles. The molecule has 0 aliphatic carbocycles. The fraction of sp³-hybridized carbons (Fsp3) is 0.357. The van der Waals surface area contributed by atoms with Gasteiger partial charge < -0.3 is 19.4 Å². The Labute approximate surface area is 229 Å². The van der Waals surface area contributed by atoms with Crippen molar-refractivity contribution in [3.63, 3.8) is 0 Å². The summed E-state index contributed by atoms with van der Waals surface area (Å²) in [7, 11) is 1.96. The van der Waals surface area contributed by atoms with Gasteiger partial charge in [0, 0.05) is 31.3 Å². The van der Waals surface area contributed by atoms with E-state index >= 15 is 8.78 Å². The number of carbonyl (C=O) groups excluding carboxylic acids is 1. The zero-order valence-corrected chi connectivity index (χ0v) is 22.4. The Morgan fingerprint density at radius 3 is 2.62 bits per heavy atom. The lowest BCUT2D eigenvalue weighted by atomic mass is 9.78. The lowest BCUT2D eigenvalue weighted by molar-refractivity contribution is -0.127. The molecule has 7 nitrogen and oxygen atoms in total. The predicted octanol–water partition coefficient (Wildman–Crippen LogP) is 4.87. The highest BCUT2D eigenvalue weighted by molar-refractivity contribution is 6.28. The first kappa shape index (κ1) is 27.2. The lowest BCUT2D eigenvalue weighted by Gasteiger charge is -2.37. The van der Waals surface area contributed by atoms with Crippen LogP contribution >= 0.6 is 11.6 Å². The molecular formula is C28H28ClF3N4O3. The van der Waals surface area contributed by atoms with Crippen LogP contribution in [0.15, 0.2) is 58.0 Å². The van der Waals surface area contributed by atoms with E-state index in [0.717, 1.165) is 12.6 Å². The topological polar surface area (TPSA) is 70.3 Å². The summed E-state index contributed by atoms with van der Waals surface area (Å²) in [6.07, 6.45) is -0.264. The number of hydrogen-bond acceptors (Lipinski definition) is 6. The highest BCUT2D eigenvalue weighted by Crippen LogP contribution is 2.46. The van der Waals surface area contributed by atoms with Gasteiger partial charge in [0.05, 0.1) is 30.0 Å². The Bertz CT molecular complexity index is 1430. The van der Waals surface area contributed by atoms with Gasteiger partial charge in [0.1, 0.15) is 17.4 Å². The molecule has 0 saturated carbocycles. The molecule has 39 heavy (non-hydrogen) atoms. The molecule has 3 unspecified atom stereocenters. The summed E-state index contributed by atoms with van der Waals surface area (Å²) in [5.74, 6) is -3.61. The zero-order chi connectivity index (χ0) is 27.9. The normalized spacial score (nSPS) is 23.7. The van der Waals surface area contributed by atoms with Gasteiger partial charge >= 0.3 is 0 Å². The standard InChI is InChI=1S/C28H28ClF3N4O3/c1-16-4-6-19(20(31)12-16)26-25(23-8-9-24(29)39-23)28(2,27(37)33-14-18-15-35(3)10-11-38-18)36(34-26)22-7-5-17(30)13-21(22)32/h4-9,12-13,18,25H,10-11,14-15H2,1-3H3,(H,33,37). The maximum Gasteiger partial charge on any atom is 0.249 e. The van der Waals surface area contributed by atoms with Crippen LogP contribution in [0, 0.1) is 24.4 Å². The van der Waals surface area contributed by atoms with Crippen LogP contribution in [0.3, 0.4) is 0 Å². The number of aryl methyl sites for hydroxylation is 1. The van der Waals surface area contributed by atoms with Crippen LogP contribution < -0.4 is 10.3 Å². The number of nitrogens with one attached hydrogen (secondary N) is 1. The van der Waals surface area contributed by atoms with Crippen LogP contribution in [-0.2, 0) is 9.53 Å². The quantitative estimate of drug-likeness (QED) is 0.466. The number of furan rings is 1. The van der Waals surface area contributed by atoms with E-state index in [-0.39, 0.29) is 40.6 Å². The predicted molar refractivity (Wildman–Crippen MR) is 142 cm³/mol. The molecule has 0 bridgehead atoms. The molecule has 2 aromatic carbocycles. The van der Waals surface area contributed by atoms with Crippen molar-refractivity contribution in [1.29, 1.82) is 0 Å². The summed E-state index contributed by atoms with van der Waals surface area (Å²) < 4.78 is 55.9. The second-order valence-corrected chi connectivity index (χ2v) is 10.4. The van der Waals surface area contributed by atoms with E-state index in [1.165, 1.54) is 23.2 Å². The molecule has 11 heteroatoms. The number of hydrogen-bond donors (Lipinski definition) is 1. The third kappa shape index (κ3) is 5.16. The number of likely N-dealkylation sites (N-methyl/N-ethyl adjacent to an activating group) is 1. The molecule has 3 atom stereocenters. The van der Waals surface area contributed by atoms with Crippen molar-refractivity contribution < 1.29 is 27.1 Å². The second kappa shape index (κ2) is 10.7. The lowest BCUT2D eigenvalue weighted by Crippen LogP contribution is -2.58. The molecule has 2 aliphatic rings. The third-order valence-corrected chi connectivity index (χ3v) is 7.40. The SMILES string of the molecule is Cc1ccc(C2=NN(c3ccc(F)cc3F)C(C)(C(=O)NCC3CN(C)CCO3)C2c2ccc(Cl)o2)c(F)c1. The largest absolute Gasteiger partial charge is 0.449 e. The van der Waals surface area contributed by atoms with Crippen molar-refractivity contribution in [3.05, 3.63) is 88.1 Å². The first-order chi connectivity index (χ1) is 18.6. The van der Waals surface area contributed by atoms with Crippen molar-refractivity contribution >= 4 is 28.9 Å². The Balaban J connectivity index is 1.63. The molecule has 1 fully saturated rings. The fourth-order valence-electron chi connectivity index (χ4n) is 5.15. The Hall–Kier alpha value is -3.34. The van der Waals surface area contributed by atoms with Crippen molar-refractivity contribution in [2.45, 2.75) is 31.4 Å². The molecule has 1 saturated heterocycles. The average molecular weight is 561 g/mol. The van der Waals surface area contributed by atoms with Gasteiger partial charge in [-0.3, -0.25) is 4.79 Å². The van der Waals surface area contributed by atoms with Crippen LogP contribution in [0.5, 0.6) is 0 Å². The molecule has 3 aromatic rings. The van der Waals surface area contributed by atoms with Crippen LogP contribution in [0.2, 0.25) is 5.22 Å². The van der Waals surface area contributed by atoms with Gasteiger partial charge in [-0.25, -0.2) is 18.2 Å². The summed E-state index contributed by atoms with van der Waals surface area (Å²) in [5.41, 5.74) is -0.903. The third-order valence-electron chi connectivity index (χ3n) is 7.19. The minimum Gasteiger partial charge on any atom is -0.449 e. The number of halogens is 4. The van der Waals surface area contributed by atoms with E-state index < -0.39 is 34.8 Å². The van der Waals surface area contributed by atoms with Crippen LogP contribution in [0.25, 0.3) is 0 Å². The van der Waals surface area contributed by atoms with Crippen molar-refractivity contribution in [2.75, 3.05) is 38.3 Å². The Morgan fingerprint density at radius 2 is 1.95 bits per heavy atom. The van der Waals surface area contributed by atoms with E-state index in [4.69, 9.17) is 20.8 Å². The monoisotopic (exact) mass is 560 g/mol. The number of anilines is 1. The fourth-order valence-corrected chi connectivity index (χ4v) is 5.30. The number of morpholine rings is 1. The average Bonchev–Trinajstić information content (AvgIpc) is 3.43. The number of nitrogens with zero attached hydrogens (tertiary/aromatic N) is 3. The molecule has 0 spiro atoms. The molecular weight excluding hydrogens is 533 g/mol. The molecule has 206 valence electrons. The van der Waals surface area contributed by atoms with Gasteiger partial charge in [-0.2, -0.15) is 5.10 Å². The van der Waals surface area contributed by atoms with E-state index in [1.807, 2.05) is 7.05 Å². The van der Waals surface area contributed by atoms with Crippen molar-refractivity contribution in [1.82, 2.24) is 10.2 Å². The van der Waals surface area contributed by atoms with Gasteiger partial charge in [0.25, 0.3) is 0 Å². The molecule has 1 amide bonds. The molecule has 5 rings (SSSR count). The number of hydrazone groups is 1. The van der Waals surface area contributed by atoms with Gasteiger partial charge in [0.15, 0.2) is 16.6 Å². The minimum atomic E-state index is -1.67. The van der Waals surface area contributed by atoms with E-state index in [0.29, 0.717) is 24.8 Å². The zero-order valence-electron chi connectivity index (χ0n) is 21.7. The number of amides is 1. The Morgan fingerprint density at radius 1 is 1.15 bits per heavy atom. The van der Waals surface area contributed by atoms with Crippen LogP contribution in [-0.4, -0.2) is 61.5 Å². The Kier molecular flexibility index (Phi) is 7.45. The summed E-state index contributed by atoms with van der Waals surface area (Å²) in [6.45, 7) is 5.40. The first-order valence-electron chi connectivity index (χ1n) is 12.5. The van der Waals surface area contributed by atoms with Gasteiger partial charge in [-0.1, -0.05) is 6.07 Å². The summed E-state index contributed by atoms with van der Waals surface area (Å²) >= 11 is 6.11. The maximum atomic E-state index is 15.3. The van der Waals surface area contributed by atoms with Crippen molar-refractivity contribution in [3.8, 4) is 0 Å². The second-order valence-electron chi connectivity index (χ2n) is 10.1. The highest BCUT2D eigenvalue weighted by Gasteiger charge is 2.57. The smallest absolute Gasteiger partial charge is 0.249 e. The van der Waals surface area contributed by atoms with Crippen LogP contribution in [0.1, 0.15) is 29.7 Å². The van der Waals surface area contributed by atoms with Gasteiger partial charge in [-0.05, 0) is 74.5 Å². The van der Waals surface area contributed by atoms with Crippen molar-refractivity contribution in [2.24, 2.45) is 5.10 Å². The van der Waals surface area contributed by atoms with Crippen LogP contribution in [0.4, 0.5) is 18.9 Å². The maximum absolute atomic E-state index is 15.3. The number of rotatable bonds is 6. The van der Waals surface area contributed by atoms with E-state index in [9.17, 15) is 9.18 Å².